The molecular formula is C18H18N2O5S. The van der Waals surface area contributed by atoms with E-state index in [-0.39, 0.29) is 28.2 Å². The first kappa shape index (κ1) is 19.5. The molecule has 0 bridgehead atoms. The van der Waals surface area contributed by atoms with E-state index in [4.69, 9.17) is 4.74 Å². The van der Waals surface area contributed by atoms with Crippen LogP contribution in [0.4, 0.5) is 11.4 Å². The fourth-order valence-corrected chi connectivity index (χ4v) is 3.07. The van der Waals surface area contributed by atoms with Crippen LogP contribution in [-0.4, -0.2) is 29.7 Å². The number of nitrogens with one attached hydrogen (secondary N) is 1. The number of anilines is 1. The Morgan fingerprint density at radius 3 is 2.65 bits per heavy atom. The van der Waals surface area contributed by atoms with Gasteiger partial charge in [-0.3, -0.25) is 14.9 Å². The van der Waals surface area contributed by atoms with Gasteiger partial charge in [-0.05, 0) is 24.6 Å². The topological polar surface area (TPSA) is 98.5 Å². The number of hydrogen-bond acceptors (Lipinski definition) is 6. The first-order valence-corrected chi connectivity index (χ1v) is 8.80. The second-order valence-electron chi connectivity index (χ2n) is 5.39. The van der Waals surface area contributed by atoms with E-state index < -0.39 is 10.9 Å². The van der Waals surface area contributed by atoms with Crippen LogP contribution < -0.4 is 5.32 Å². The third-order valence-electron chi connectivity index (χ3n) is 3.62. The van der Waals surface area contributed by atoms with Gasteiger partial charge in [0, 0.05) is 17.4 Å². The lowest BCUT2D eigenvalue weighted by molar-refractivity contribution is -0.384. The molecule has 0 unspecified atom stereocenters. The molecule has 2 aromatic rings. The standard InChI is InChI=1S/C18H18N2O5S/c1-12(13-6-5-7-14(10-13)20(23)24)26-11-17(21)19-16-9-4-3-8-15(16)18(22)25-2/h3-10,12H,11H2,1-2H3,(H,19,21)/t12-/m1/s1. The van der Waals surface area contributed by atoms with Crippen LogP contribution in [0, 0.1) is 10.1 Å². The number of carbonyl (C=O) groups excluding carboxylic acids is 2. The Kier molecular flexibility index (Phi) is 6.74. The van der Waals surface area contributed by atoms with E-state index in [1.807, 2.05) is 6.92 Å². The number of nitro benzene ring substituents is 1. The smallest absolute Gasteiger partial charge is 0.339 e. The van der Waals surface area contributed by atoms with Crippen molar-refractivity contribution in [2.24, 2.45) is 0 Å². The summed E-state index contributed by atoms with van der Waals surface area (Å²) in [4.78, 5) is 34.3. The molecule has 0 aliphatic heterocycles. The number of methoxy groups -OCH3 is 1. The van der Waals surface area contributed by atoms with Gasteiger partial charge in [0.15, 0.2) is 0 Å². The van der Waals surface area contributed by atoms with Gasteiger partial charge >= 0.3 is 5.97 Å². The molecule has 0 radical (unpaired) electrons. The van der Waals surface area contributed by atoms with E-state index >= 15 is 0 Å². The molecule has 1 N–H and O–H groups in total. The van der Waals surface area contributed by atoms with Crippen molar-refractivity contribution in [3.8, 4) is 0 Å². The van der Waals surface area contributed by atoms with Crippen molar-refractivity contribution in [3.63, 3.8) is 0 Å². The van der Waals surface area contributed by atoms with Crippen molar-refractivity contribution >= 4 is 35.0 Å². The van der Waals surface area contributed by atoms with Crippen LogP contribution in [0.1, 0.15) is 28.1 Å². The van der Waals surface area contributed by atoms with Gasteiger partial charge in [0.1, 0.15) is 0 Å². The number of carbonyl (C=O) groups is 2. The summed E-state index contributed by atoms with van der Waals surface area (Å²) >= 11 is 1.35. The predicted octanol–water partition coefficient (Wildman–Crippen LogP) is 3.81. The fraction of sp³-hybridized carbons (Fsp3) is 0.222. The van der Waals surface area contributed by atoms with E-state index in [0.717, 1.165) is 5.56 Å². The summed E-state index contributed by atoms with van der Waals surface area (Å²) in [6.45, 7) is 1.87. The van der Waals surface area contributed by atoms with E-state index in [1.54, 1.807) is 36.4 Å². The highest BCUT2D eigenvalue weighted by Gasteiger charge is 2.16. The summed E-state index contributed by atoms with van der Waals surface area (Å²) in [5.41, 5.74) is 1.45. The number of esters is 1. The van der Waals surface area contributed by atoms with Crippen LogP contribution in [0.25, 0.3) is 0 Å². The average molecular weight is 374 g/mol. The second kappa shape index (κ2) is 9.00. The van der Waals surface area contributed by atoms with Crippen LogP contribution >= 0.6 is 11.8 Å². The highest BCUT2D eigenvalue weighted by molar-refractivity contribution is 8.00. The summed E-state index contributed by atoms with van der Waals surface area (Å²) in [6, 6.07) is 12.9. The highest BCUT2D eigenvalue weighted by atomic mass is 32.2. The van der Waals surface area contributed by atoms with Crippen molar-refractivity contribution in [3.05, 3.63) is 69.8 Å². The van der Waals surface area contributed by atoms with Crippen molar-refractivity contribution in [1.29, 1.82) is 0 Å². The van der Waals surface area contributed by atoms with E-state index in [1.165, 1.54) is 31.0 Å². The van der Waals surface area contributed by atoms with Gasteiger partial charge in [-0.15, -0.1) is 11.8 Å². The molecule has 1 atom stereocenters. The number of thioether (sulfide) groups is 1. The minimum absolute atomic E-state index is 0.0198. The Hall–Kier alpha value is -2.87. The third kappa shape index (κ3) is 5.06. The number of benzene rings is 2. The average Bonchev–Trinajstić information content (AvgIpc) is 2.66. The maximum absolute atomic E-state index is 12.2. The quantitative estimate of drug-likeness (QED) is 0.449. The summed E-state index contributed by atoms with van der Waals surface area (Å²) in [5.74, 6) is -0.665. The summed E-state index contributed by atoms with van der Waals surface area (Å²) in [7, 11) is 1.28. The minimum Gasteiger partial charge on any atom is -0.465 e. The molecule has 0 saturated heterocycles. The fourth-order valence-electron chi connectivity index (χ4n) is 2.25. The number of nitro groups is 1. The molecule has 8 heteroatoms. The zero-order chi connectivity index (χ0) is 19.1. The van der Waals surface area contributed by atoms with Gasteiger partial charge < -0.3 is 10.1 Å². The molecule has 2 aromatic carbocycles. The second-order valence-corrected chi connectivity index (χ2v) is 6.72. The lowest BCUT2D eigenvalue weighted by Gasteiger charge is -2.13. The first-order chi connectivity index (χ1) is 12.4. The molecule has 0 saturated carbocycles. The monoisotopic (exact) mass is 374 g/mol. The Morgan fingerprint density at radius 1 is 1.23 bits per heavy atom. The van der Waals surface area contributed by atoms with Crippen LogP contribution in [0.3, 0.4) is 0 Å². The van der Waals surface area contributed by atoms with Crippen LogP contribution in [-0.2, 0) is 9.53 Å². The highest BCUT2D eigenvalue weighted by Crippen LogP contribution is 2.30. The molecule has 0 fully saturated rings. The van der Waals surface area contributed by atoms with Gasteiger partial charge in [0.2, 0.25) is 5.91 Å². The van der Waals surface area contributed by atoms with Crippen molar-refractivity contribution < 1.29 is 19.2 Å². The predicted molar refractivity (Wildman–Crippen MR) is 100 cm³/mol. The number of non-ortho nitro benzene ring substituents is 1. The van der Waals surface area contributed by atoms with Crippen molar-refractivity contribution in [2.45, 2.75) is 12.2 Å². The third-order valence-corrected chi connectivity index (χ3v) is 4.82. The van der Waals surface area contributed by atoms with Gasteiger partial charge in [0.25, 0.3) is 5.69 Å². The van der Waals surface area contributed by atoms with Crippen molar-refractivity contribution in [1.82, 2.24) is 0 Å². The summed E-state index contributed by atoms with van der Waals surface area (Å²) in [6.07, 6.45) is 0. The maximum atomic E-state index is 12.2. The van der Waals surface area contributed by atoms with Crippen LogP contribution in [0.15, 0.2) is 48.5 Å². The number of para-hydroxylation sites is 1. The number of hydrogen-bond donors (Lipinski definition) is 1. The first-order valence-electron chi connectivity index (χ1n) is 7.75. The van der Waals surface area contributed by atoms with Crippen LogP contribution in [0.2, 0.25) is 0 Å². The molecule has 0 aliphatic carbocycles. The normalized spacial score (nSPS) is 11.5. The van der Waals surface area contributed by atoms with Crippen LogP contribution in [0.5, 0.6) is 0 Å². The van der Waals surface area contributed by atoms with Gasteiger partial charge in [-0.1, -0.05) is 24.3 Å². The van der Waals surface area contributed by atoms with Gasteiger partial charge in [-0.25, -0.2) is 4.79 Å². The molecular weight excluding hydrogens is 356 g/mol. The lowest BCUT2D eigenvalue weighted by atomic mass is 10.1. The van der Waals surface area contributed by atoms with E-state index in [2.05, 4.69) is 5.32 Å². The number of rotatable bonds is 7. The summed E-state index contributed by atoms with van der Waals surface area (Å²) < 4.78 is 4.69. The van der Waals surface area contributed by atoms with E-state index in [0.29, 0.717) is 5.69 Å². The molecule has 0 heterocycles. The molecule has 136 valence electrons. The number of ether oxygens (including phenoxy) is 1. The Morgan fingerprint density at radius 2 is 1.96 bits per heavy atom. The lowest BCUT2D eigenvalue weighted by Crippen LogP contribution is -2.17. The van der Waals surface area contributed by atoms with Gasteiger partial charge in [-0.2, -0.15) is 0 Å². The van der Waals surface area contributed by atoms with Gasteiger partial charge in [0.05, 0.1) is 29.0 Å². The minimum atomic E-state index is -0.529. The zero-order valence-corrected chi connectivity index (χ0v) is 15.1. The number of nitrogens with zero attached hydrogens (tertiary/aromatic N) is 1. The molecule has 26 heavy (non-hydrogen) atoms. The van der Waals surface area contributed by atoms with Crippen molar-refractivity contribution in [2.75, 3.05) is 18.2 Å². The Balaban J connectivity index is 1.98. The van der Waals surface area contributed by atoms with E-state index in [9.17, 15) is 19.7 Å². The maximum Gasteiger partial charge on any atom is 0.339 e. The molecule has 7 nitrogen and oxygen atoms in total. The molecule has 2 rings (SSSR count). The molecule has 0 aliphatic rings. The Bertz CT molecular complexity index is 825. The summed E-state index contributed by atoms with van der Waals surface area (Å²) in [5, 5.41) is 13.4. The molecule has 1 amide bonds. The molecule has 0 spiro atoms. The number of amides is 1. The zero-order valence-electron chi connectivity index (χ0n) is 14.3. The Labute approximate surface area is 154 Å². The SMILES string of the molecule is COC(=O)c1ccccc1NC(=O)CS[C@H](C)c1cccc([N+](=O)[O-])c1. The molecule has 0 aromatic heterocycles. The largest absolute Gasteiger partial charge is 0.465 e.